The molecule has 86 valence electrons. The second-order valence-corrected chi connectivity index (χ2v) is 6.77. The molecule has 0 saturated heterocycles. The summed E-state index contributed by atoms with van der Waals surface area (Å²) in [5.41, 5.74) is 3.44. The third-order valence-corrected chi connectivity index (χ3v) is 5.84. The van der Waals surface area contributed by atoms with Crippen molar-refractivity contribution in [3.8, 4) is 0 Å². The molecule has 4 bridgehead atoms. The molecule has 0 atom stereocenters. The molecule has 0 amide bonds. The molecule has 0 heterocycles. The van der Waals surface area contributed by atoms with Crippen LogP contribution in [0.25, 0.3) is 0 Å². The molecular weight excluding hydrogens is 192 g/mol. The highest BCUT2D eigenvalue weighted by molar-refractivity contribution is 5.35. The molecule has 4 fully saturated rings. The van der Waals surface area contributed by atoms with Crippen molar-refractivity contribution < 1.29 is 0 Å². The molecule has 0 nitrogen and oxygen atoms in total. The first-order valence-electron chi connectivity index (χ1n) is 7.17. The summed E-state index contributed by atoms with van der Waals surface area (Å²) in [6.45, 7) is 2.34. The predicted molar refractivity (Wildman–Crippen MR) is 67.0 cm³/mol. The van der Waals surface area contributed by atoms with Crippen molar-refractivity contribution in [1.29, 1.82) is 0 Å². The lowest BCUT2D eigenvalue weighted by Crippen LogP contribution is -2.45. The molecule has 0 aliphatic heterocycles. The molecule has 0 unspecified atom stereocenters. The van der Waals surface area contributed by atoms with Gasteiger partial charge in [-0.25, -0.2) is 0 Å². The highest BCUT2D eigenvalue weighted by Gasteiger charge is 2.49. The maximum Gasteiger partial charge on any atom is -0.0127 e. The lowest BCUT2D eigenvalue weighted by molar-refractivity contribution is -0.0215. The van der Waals surface area contributed by atoms with E-state index in [-0.39, 0.29) is 0 Å². The Morgan fingerprint density at radius 3 is 2.06 bits per heavy atom. The Bertz CT molecular complexity index is 343. The highest BCUT2D eigenvalue weighted by atomic mass is 14.5. The largest absolute Gasteiger partial charge is 0.0802 e. The molecule has 0 heteroatoms. The average molecular weight is 214 g/mol. The monoisotopic (exact) mass is 214 g/mol. The third-order valence-electron chi connectivity index (χ3n) is 5.84. The molecule has 0 N–H and O–H groups in total. The molecule has 4 saturated carbocycles. The van der Waals surface area contributed by atoms with E-state index in [4.69, 9.17) is 0 Å². The fourth-order valence-electron chi connectivity index (χ4n) is 5.52. The summed E-state index contributed by atoms with van der Waals surface area (Å²) < 4.78 is 0. The zero-order valence-corrected chi connectivity index (χ0v) is 10.3. The minimum atomic E-state index is 0.989. The first-order valence-corrected chi connectivity index (χ1v) is 7.17. The van der Waals surface area contributed by atoms with Crippen LogP contribution in [-0.4, -0.2) is 0 Å². The summed E-state index contributed by atoms with van der Waals surface area (Å²) in [7, 11) is 0. The van der Waals surface area contributed by atoms with Crippen molar-refractivity contribution in [2.24, 2.45) is 29.6 Å². The van der Waals surface area contributed by atoms with E-state index in [0.717, 1.165) is 29.6 Å². The summed E-state index contributed by atoms with van der Waals surface area (Å²) in [6, 6.07) is 0. The SMILES string of the molecule is CC1=C(C2C3CC4CC(C3)CC2C4)CC=C1. The lowest BCUT2D eigenvalue weighted by atomic mass is 9.50. The zero-order chi connectivity index (χ0) is 10.7. The van der Waals surface area contributed by atoms with Crippen LogP contribution >= 0.6 is 0 Å². The van der Waals surface area contributed by atoms with Gasteiger partial charge in [-0.2, -0.15) is 0 Å². The van der Waals surface area contributed by atoms with Crippen LogP contribution in [0.3, 0.4) is 0 Å². The summed E-state index contributed by atoms with van der Waals surface area (Å²) >= 11 is 0. The van der Waals surface area contributed by atoms with E-state index in [1.54, 1.807) is 37.7 Å². The van der Waals surface area contributed by atoms with E-state index >= 15 is 0 Å². The Labute approximate surface area is 98.8 Å². The van der Waals surface area contributed by atoms with Gasteiger partial charge >= 0.3 is 0 Å². The van der Waals surface area contributed by atoms with Gasteiger partial charge in [-0.05, 0) is 75.0 Å². The van der Waals surface area contributed by atoms with Gasteiger partial charge in [-0.1, -0.05) is 23.3 Å². The molecule has 5 aliphatic carbocycles. The topological polar surface area (TPSA) is 0 Å². The first kappa shape index (κ1) is 9.50. The second kappa shape index (κ2) is 3.24. The van der Waals surface area contributed by atoms with E-state index in [2.05, 4.69) is 19.1 Å². The lowest BCUT2D eigenvalue weighted by Gasteiger charge is -2.55. The van der Waals surface area contributed by atoms with Crippen LogP contribution < -0.4 is 0 Å². The van der Waals surface area contributed by atoms with Gasteiger partial charge in [0.25, 0.3) is 0 Å². The smallest absolute Gasteiger partial charge is 0.0127 e. The van der Waals surface area contributed by atoms with E-state index in [1.807, 2.05) is 5.57 Å². The molecule has 0 aromatic carbocycles. The number of allylic oxidation sites excluding steroid dienone is 4. The molecule has 0 radical (unpaired) electrons. The summed E-state index contributed by atoms with van der Waals surface area (Å²) in [5, 5.41) is 0. The predicted octanol–water partition coefficient (Wildman–Crippen LogP) is 4.34. The molecule has 0 spiro atoms. The highest BCUT2D eigenvalue weighted by Crippen LogP contribution is 2.59. The van der Waals surface area contributed by atoms with Crippen LogP contribution in [0.4, 0.5) is 0 Å². The zero-order valence-electron chi connectivity index (χ0n) is 10.3. The molecule has 5 aliphatic rings. The Morgan fingerprint density at radius 1 is 0.938 bits per heavy atom. The Morgan fingerprint density at radius 2 is 1.56 bits per heavy atom. The van der Waals surface area contributed by atoms with E-state index in [9.17, 15) is 0 Å². The minimum Gasteiger partial charge on any atom is -0.0802 e. The van der Waals surface area contributed by atoms with Crippen LogP contribution in [0.2, 0.25) is 0 Å². The van der Waals surface area contributed by atoms with Gasteiger partial charge in [-0.3, -0.25) is 0 Å². The number of rotatable bonds is 1. The normalized spacial score (nSPS) is 49.4. The molecule has 0 aromatic heterocycles. The summed E-state index contributed by atoms with van der Waals surface area (Å²) in [4.78, 5) is 0. The van der Waals surface area contributed by atoms with E-state index in [0.29, 0.717) is 0 Å². The van der Waals surface area contributed by atoms with Gasteiger partial charge in [-0.15, -0.1) is 0 Å². The Kier molecular flexibility index (Phi) is 1.93. The van der Waals surface area contributed by atoms with Crippen molar-refractivity contribution >= 4 is 0 Å². The Hall–Kier alpha value is -0.520. The van der Waals surface area contributed by atoms with Gasteiger partial charge < -0.3 is 0 Å². The van der Waals surface area contributed by atoms with Crippen LogP contribution in [-0.2, 0) is 0 Å². The maximum absolute atomic E-state index is 2.38. The quantitative estimate of drug-likeness (QED) is 0.609. The first-order chi connectivity index (χ1) is 7.81. The molecule has 5 rings (SSSR count). The maximum atomic E-state index is 2.38. The van der Waals surface area contributed by atoms with Gasteiger partial charge in [0, 0.05) is 0 Å². The number of hydrogen-bond acceptors (Lipinski definition) is 0. The van der Waals surface area contributed by atoms with Gasteiger partial charge in [0.2, 0.25) is 0 Å². The van der Waals surface area contributed by atoms with Crippen molar-refractivity contribution in [2.75, 3.05) is 0 Å². The van der Waals surface area contributed by atoms with E-state index in [1.165, 1.54) is 6.42 Å². The standard InChI is InChI=1S/C16H22/c1-10-3-2-4-15(10)16-13-6-11-5-12(8-13)9-14(16)7-11/h2-3,11-14,16H,4-9H2,1H3. The summed E-state index contributed by atoms with van der Waals surface area (Å²) in [6.07, 6.45) is 13.9. The van der Waals surface area contributed by atoms with Crippen LogP contribution in [0, 0.1) is 29.6 Å². The number of hydrogen-bond donors (Lipinski definition) is 0. The second-order valence-electron chi connectivity index (χ2n) is 6.77. The van der Waals surface area contributed by atoms with Crippen molar-refractivity contribution in [2.45, 2.75) is 45.4 Å². The Balaban J connectivity index is 1.68. The van der Waals surface area contributed by atoms with Gasteiger partial charge in [0.05, 0.1) is 0 Å². The molecule has 16 heavy (non-hydrogen) atoms. The van der Waals surface area contributed by atoms with Crippen molar-refractivity contribution in [3.05, 3.63) is 23.3 Å². The minimum absolute atomic E-state index is 0.989. The average Bonchev–Trinajstić information content (AvgIpc) is 2.63. The molecular formula is C16H22. The fraction of sp³-hybridized carbons (Fsp3) is 0.750. The van der Waals surface area contributed by atoms with Crippen LogP contribution in [0.1, 0.15) is 45.4 Å². The van der Waals surface area contributed by atoms with Gasteiger partial charge in [0.15, 0.2) is 0 Å². The third kappa shape index (κ3) is 1.22. The molecule has 0 aromatic rings. The summed E-state index contributed by atoms with van der Waals surface area (Å²) in [5.74, 6) is 5.37. The van der Waals surface area contributed by atoms with E-state index < -0.39 is 0 Å². The van der Waals surface area contributed by atoms with Crippen LogP contribution in [0.5, 0.6) is 0 Å². The van der Waals surface area contributed by atoms with Gasteiger partial charge in [0.1, 0.15) is 0 Å². The van der Waals surface area contributed by atoms with Crippen LogP contribution in [0.15, 0.2) is 23.3 Å². The fourth-order valence-corrected chi connectivity index (χ4v) is 5.52. The van der Waals surface area contributed by atoms with Crippen molar-refractivity contribution in [1.82, 2.24) is 0 Å². The van der Waals surface area contributed by atoms with Crippen molar-refractivity contribution in [3.63, 3.8) is 0 Å².